The van der Waals surface area contributed by atoms with E-state index >= 15 is 0 Å². The number of hydrogen-bond donors (Lipinski definition) is 0. The van der Waals surface area contributed by atoms with Crippen molar-refractivity contribution in [2.45, 2.75) is 32.6 Å². The number of rotatable bonds is 3. The van der Waals surface area contributed by atoms with Crippen LogP contribution in [0.4, 0.5) is 0 Å². The lowest BCUT2D eigenvalue weighted by atomic mass is 10.1. The van der Waals surface area contributed by atoms with E-state index < -0.39 is 0 Å². The van der Waals surface area contributed by atoms with Gasteiger partial charge in [-0.15, -0.1) is 0 Å². The summed E-state index contributed by atoms with van der Waals surface area (Å²) in [5.41, 5.74) is 0. The van der Waals surface area contributed by atoms with Gasteiger partial charge in [-0.25, -0.2) is 0 Å². The van der Waals surface area contributed by atoms with Crippen LogP contribution in [0.5, 0.6) is 0 Å². The Kier molecular flexibility index (Phi) is 3.49. The topological polar surface area (TPSA) is 0 Å². The van der Waals surface area contributed by atoms with Crippen LogP contribution in [-0.4, -0.2) is 11.5 Å². The molecule has 1 saturated carbocycles. The maximum atomic E-state index is 2.25. The standard InChI is InChI=1S/C8H16S/c1-2-9-7-8-5-3-4-6-8/h8H,2-7H2,1H3. The largest absolute Gasteiger partial charge is 0.162 e. The highest BCUT2D eigenvalue weighted by atomic mass is 32.2. The summed E-state index contributed by atoms with van der Waals surface area (Å²) in [5, 5.41) is 0. The fourth-order valence-electron chi connectivity index (χ4n) is 1.46. The van der Waals surface area contributed by atoms with Gasteiger partial charge in [0.1, 0.15) is 0 Å². The third-order valence-corrected chi connectivity index (χ3v) is 3.15. The molecule has 0 saturated heterocycles. The monoisotopic (exact) mass is 144 g/mol. The highest BCUT2D eigenvalue weighted by molar-refractivity contribution is 7.99. The Morgan fingerprint density at radius 2 is 2.00 bits per heavy atom. The van der Waals surface area contributed by atoms with Gasteiger partial charge < -0.3 is 0 Å². The molecule has 0 nitrogen and oxygen atoms in total. The molecule has 0 aromatic rings. The molecule has 0 radical (unpaired) electrons. The van der Waals surface area contributed by atoms with Crippen molar-refractivity contribution in [1.82, 2.24) is 0 Å². The molecule has 1 aliphatic carbocycles. The van der Waals surface area contributed by atoms with Crippen LogP contribution < -0.4 is 0 Å². The molecule has 0 heterocycles. The third-order valence-electron chi connectivity index (χ3n) is 2.03. The van der Waals surface area contributed by atoms with E-state index in [1.807, 2.05) is 0 Å². The predicted octanol–water partition coefficient (Wildman–Crippen LogP) is 2.93. The van der Waals surface area contributed by atoms with Crippen LogP contribution in [-0.2, 0) is 0 Å². The minimum Gasteiger partial charge on any atom is -0.162 e. The molecule has 0 aliphatic heterocycles. The van der Waals surface area contributed by atoms with Crippen LogP contribution in [0.1, 0.15) is 32.6 Å². The second-order valence-electron chi connectivity index (χ2n) is 2.81. The van der Waals surface area contributed by atoms with Crippen molar-refractivity contribution < 1.29 is 0 Å². The van der Waals surface area contributed by atoms with Crippen molar-refractivity contribution in [3.63, 3.8) is 0 Å². The molecule has 0 unspecified atom stereocenters. The van der Waals surface area contributed by atoms with Crippen molar-refractivity contribution in [2.24, 2.45) is 5.92 Å². The van der Waals surface area contributed by atoms with Gasteiger partial charge >= 0.3 is 0 Å². The SMILES string of the molecule is CCSCC1CCCC1. The summed E-state index contributed by atoms with van der Waals surface area (Å²) in [6.45, 7) is 2.25. The summed E-state index contributed by atoms with van der Waals surface area (Å²) in [4.78, 5) is 0. The molecular weight excluding hydrogens is 128 g/mol. The van der Waals surface area contributed by atoms with Gasteiger partial charge in [0.2, 0.25) is 0 Å². The Morgan fingerprint density at radius 1 is 1.33 bits per heavy atom. The quantitative estimate of drug-likeness (QED) is 0.587. The van der Waals surface area contributed by atoms with E-state index in [9.17, 15) is 0 Å². The van der Waals surface area contributed by atoms with Crippen LogP contribution in [0.25, 0.3) is 0 Å². The van der Waals surface area contributed by atoms with E-state index in [-0.39, 0.29) is 0 Å². The van der Waals surface area contributed by atoms with Gasteiger partial charge in [-0.2, -0.15) is 11.8 Å². The lowest BCUT2D eigenvalue weighted by Gasteiger charge is -2.05. The summed E-state index contributed by atoms with van der Waals surface area (Å²) in [6, 6.07) is 0. The third kappa shape index (κ3) is 2.61. The fraction of sp³-hybridized carbons (Fsp3) is 1.00. The van der Waals surface area contributed by atoms with E-state index in [0.717, 1.165) is 5.92 Å². The smallest absolute Gasteiger partial charge is 0.00392 e. The Morgan fingerprint density at radius 3 is 2.56 bits per heavy atom. The number of thioether (sulfide) groups is 1. The fourth-order valence-corrected chi connectivity index (χ4v) is 2.36. The lowest BCUT2D eigenvalue weighted by molar-refractivity contribution is 0.623. The van der Waals surface area contributed by atoms with Crippen LogP contribution in [0, 0.1) is 5.92 Å². The molecule has 0 aromatic carbocycles. The minimum absolute atomic E-state index is 1.08. The molecule has 0 atom stereocenters. The average Bonchev–Trinajstić information content (AvgIpc) is 2.34. The Labute approximate surface area is 62.4 Å². The maximum Gasteiger partial charge on any atom is -0.00392 e. The van der Waals surface area contributed by atoms with Gasteiger partial charge in [0.05, 0.1) is 0 Å². The van der Waals surface area contributed by atoms with Gasteiger partial charge in [-0.05, 0) is 30.3 Å². The van der Waals surface area contributed by atoms with E-state index in [4.69, 9.17) is 0 Å². The van der Waals surface area contributed by atoms with Crippen LogP contribution in [0.3, 0.4) is 0 Å². The van der Waals surface area contributed by atoms with Gasteiger partial charge in [-0.3, -0.25) is 0 Å². The zero-order valence-electron chi connectivity index (χ0n) is 6.23. The predicted molar refractivity (Wildman–Crippen MR) is 45.0 cm³/mol. The molecule has 9 heavy (non-hydrogen) atoms. The Balaban J connectivity index is 1.98. The van der Waals surface area contributed by atoms with E-state index in [2.05, 4.69) is 18.7 Å². The first-order valence-electron chi connectivity index (χ1n) is 4.01. The summed E-state index contributed by atoms with van der Waals surface area (Å²) in [5.74, 6) is 3.81. The molecule has 0 bridgehead atoms. The molecule has 0 N–H and O–H groups in total. The van der Waals surface area contributed by atoms with Crippen molar-refractivity contribution >= 4 is 11.8 Å². The summed E-state index contributed by atoms with van der Waals surface area (Å²) in [6.07, 6.45) is 6.00. The van der Waals surface area contributed by atoms with E-state index in [1.165, 1.54) is 37.2 Å². The van der Waals surface area contributed by atoms with Gasteiger partial charge in [0, 0.05) is 0 Å². The number of hydrogen-bond acceptors (Lipinski definition) is 1. The second kappa shape index (κ2) is 4.21. The maximum absolute atomic E-state index is 2.25. The van der Waals surface area contributed by atoms with Gasteiger partial charge in [0.25, 0.3) is 0 Å². The van der Waals surface area contributed by atoms with Crippen LogP contribution in [0.2, 0.25) is 0 Å². The normalized spacial score (nSPS) is 21.0. The highest BCUT2D eigenvalue weighted by Gasteiger charge is 2.13. The lowest BCUT2D eigenvalue weighted by Crippen LogP contribution is -1.96. The van der Waals surface area contributed by atoms with Crippen molar-refractivity contribution in [2.75, 3.05) is 11.5 Å². The van der Waals surface area contributed by atoms with Crippen molar-refractivity contribution in [3.05, 3.63) is 0 Å². The Hall–Kier alpha value is 0.350. The highest BCUT2D eigenvalue weighted by Crippen LogP contribution is 2.27. The summed E-state index contributed by atoms with van der Waals surface area (Å²) < 4.78 is 0. The summed E-state index contributed by atoms with van der Waals surface area (Å²) >= 11 is 2.11. The molecule has 1 fully saturated rings. The first kappa shape index (κ1) is 7.46. The molecule has 0 amide bonds. The first-order chi connectivity index (χ1) is 4.43. The zero-order chi connectivity index (χ0) is 6.53. The van der Waals surface area contributed by atoms with E-state index in [0.29, 0.717) is 0 Å². The average molecular weight is 144 g/mol. The molecule has 0 aromatic heterocycles. The van der Waals surface area contributed by atoms with Crippen LogP contribution in [0.15, 0.2) is 0 Å². The summed E-state index contributed by atoms with van der Waals surface area (Å²) in [7, 11) is 0. The van der Waals surface area contributed by atoms with Gasteiger partial charge in [0.15, 0.2) is 0 Å². The molecule has 1 aliphatic rings. The molecule has 1 rings (SSSR count). The van der Waals surface area contributed by atoms with Crippen molar-refractivity contribution in [3.8, 4) is 0 Å². The second-order valence-corrected chi connectivity index (χ2v) is 4.13. The molecule has 54 valence electrons. The molecule has 1 heteroatoms. The van der Waals surface area contributed by atoms with E-state index in [1.54, 1.807) is 0 Å². The minimum atomic E-state index is 1.08. The van der Waals surface area contributed by atoms with Gasteiger partial charge in [-0.1, -0.05) is 19.8 Å². The van der Waals surface area contributed by atoms with Crippen LogP contribution >= 0.6 is 11.8 Å². The Bertz CT molecular complexity index is 65.0. The zero-order valence-corrected chi connectivity index (χ0v) is 7.04. The molecule has 0 spiro atoms. The van der Waals surface area contributed by atoms with Crippen molar-refractivity contribution in [1.29, 1.82) is 0 Å². The molecular formula is C8H16S. The first-order valence-corrected chi connectivity index (χ1v) is 5.16.